The maximum absolute atomic E-state index is 11.0. The van der Waals surface area contributed by atoms with Crippen molar-refractivity contribution in [2.24, 2.45) is 0 Å². The lowest BCUT2D eigenvalue weighted by molar-refractivity contribution is 0.607. The third kappa shape index (κ3) is 2.07. The fraction of sp³-hybridized carbons (Fsp3) is 0.400. The molecule has 0 spiro atoms. The standard InChI is InChI=1S/C10H13NO2S/c1-14(12,13)11-10-6-5-8-3-2-4-9(8)7-10/h5-7,11H,2-4H2,1H3. The molecule has 3 nitrogen and oxygen atoms in total. The van der Waals surface area contributed by atoms with Crippen molar-refractivity contribution in [1.29, 1.82) is 0 Å². The summed E-state index contributed by atoms with van der Waals surface area (Å²) in [4.78, 5) is 0. The van der Waals surface area contributed by atoms with Gasteiger partial charge in [0.1, 0.15) is 0 Å². The first-order chi connectivity index (χ1) is 6.54. The van der Waals surface area contributed by atoms with E-state index in [0.717, 1.165) is 12.8 Å². The van der Waals surface area contributed by atoms with Crippen LogP contribution in [0.3, 0.4) is 0 Å². The van der Waals surface area contributed by atoms with Gasteiger partial charge in [-0.05, 0) is 42.5 Å². The topological polar surface area (TPSA) is 46.2 Å². The van der Waals surface area contributed by atoms with Crippen molar-refractivity contribution >= 4 is 15.7 Å². The molecule has 0 bridgehead atoms. The minimum Gasteiger partial charge on any atom is -0.284 e. The molecule has 1 aromatic carbocycles. The summed E-state index contributed by atoms with van der Waals surface area (Å²) in [6.45, 7) is 0. The largest absolute Gasteiger partial charge is 0.284 e. The first-order valence-electron chi connectivity index (χ1n) is 4.64. The van der Waals surface area contributed by atoms with E-state index < -0.39 is 10.0 Å². The molecule has 1 aliphatic rings. The van der Waals surface area contributed by atoms with E-state index in [0.29, 0.717) is 5.69 Å². The van der Waals surface area contributed by atoms with Crippen molar-refractivity contribution < 1.29 is 8.42 Å². The molecule has 1 N–H and O–H groups in total. The van der Waals surface area contributed by atoms with Gasteiger partial charge in [0.05, 0.1) is 6.26 Å². The molecule has 0 atom stereocenters. The zero-order chi connectivity index (χ0) is 10.2. The number of anilines is 1. The van der Waals surface area contributed by atoms with Crippen molar-refractivity contribution in [3.8, 4) is 0 Å². The number of rotatable bonds is 2. The maximum atomic E-state index is 11.0. The molecule has 0 aliphatic heterocycles. The smallest absolute Gasteiger partial charge is 0.229 e. The normalized spacial score (nSPS) is 15.2. The Labute approximate surface area is 84.2 Å². The van der Waals surface area contributed by atoms with Gasteiger partial charge in [-0.3, -0.25) is 4.72 Å². The van der Waals surface area contributed by atoms with Gasteiger partial charge in [0.15, 0.2) is 0 Å². The number of hydrogen-bond donors (Lipinski definition) is 1. The molecule has 0 radical (unpaired) electrons. The van der Waals surface area contributed by atoms with Crippen LogP contribution in [0.5, 0.6) is 0 Å². The fourth-order valence-corrected chi connectivity index (χ4v) is 2.40. The molecule has 1 aromatic rings. The number of aryl methyl sites for hydroxylation is 2. The molecule has 2 rings (SSSR count). The van der Waals surface area contributed by atoms with E-state index in [1.54, 1.807) is 0 Å². The first kappa shape index (κ1) is 9.52. The SMILES string of the molecule is CS(=O)(=O)Nc1ccc2c(c1)CCC2. The average Bonchev–Trinajstić information content (AvgIpc) is 2.47. The van der Waals surface area contributed by atoms with Gasteiger partial charge in [-0.1, -0.05) is 6.07 Å². The molecule has 1 aliphatic carbocycles. The third-order valence-electron chi connectivity index (χ3n) is 2.40. The number of hydrogen-bond acceptors (Lipinski definition) is 2. The van der Waals surface area contributed by atoms with Gasteiger partial charge in [-0.25, -0.2) is 8.42 Å². The van der Waals surface area contributed by atoms with Crippen molar-refractivity contribution in [2.75, 3.05) is 11.0 Å². The summed E-state index contributed by atoms with van der Waals surface area (Å²) in [5, 5.41) is 0. The second-order valence-corrected chi connectivity index (χ2v) is 5.46. The molecule has 0 fully saturated rings. The van der Waals surface area contributed by atoms with Gasteiger partial charge in [-0.2, -0.15) is 0 Å². The van der Waals surface area contributed by atoms with Crippen LogP contribution in [0.1, 0.15) is 17.5 Å². The van der Waals surface area contributed by atoms with Crippen LogP contribution in [0.15, 0.2) is 18.2 Å². The highest BCUT2D eigenvalue weighted by Crippen LogP contribution is 2.25. The Morgan fingerprint density at radius 3 is 2.64 bits per heavy atom. The predicted octanol–water partition coefficient (Wildman–Crippen LogP) is 1.55. The van der Waals surface area contributed by atoms with Gasteiger partial charge in [0, 0.05) is 5.69 Å². The zero-order valence-corrected chi connectivity index (χ0v) is 8.89. The lowest BCUT2D eigenvalue weighted by Crippen LogP contribution is -2.09. The van der Waals surface area contributed by atoms with Gasteiger partial charge in [0.25, 0.3) is 0 Å². The Morgan fingerprint density at radius 2 is 1.93 bits per heavy atom. The summed E-state index contributed by atoms with van der Waals surface area (Å²) in [7, 11) is -3.14. The maximum Gasteiger partial charge on any atom is 0.229 e. The molecular weight excluding hydrogens is 198 g/mol. The number of benzene rings is 1. The third-order valence-corrected chi connectivity index (χ3v) is 3.01. The highest BCUT2D eigenvalue weighted by atomic mass is 32.2. The highest BCUT2D eigenvalue weighted by Gasteiger charge is 2.11. The van der Waals surface area contributed by atoms with Crippen LogP contribution in [0.25, 0.3) is 0 Å². The van der Waals surface area contributed by atoms with Crippen LogP contribution in [-0.4, -0.2) is 14.7 Å². The van der Waals surface area contributed by atoms with Crippen molar-refractivity contribution in [2.45, 2.75) is 19.3 Å². The van der Waals surface area contributed by atoms with Gasteiger partial charge in [0.2, 0.25) is 10.0 Å². The number of fused-ring (bicyclic) bond motifs is 1. The Balaban J connectivity index is 2.29. The Kier molecular flexibility index (Phi) is 2.23. The highest BCUT2D eigenvalue weighted by molar-refractivity contribution is 7.92. The Bertz CT molecular complexity index is 451. The van der Waals surface area contributed by atoms with Crippen LogP contribution in [0, 0.1) is 0 Å². The second-order valence-electron chi connectivity index (χ2n) is 3.71. The van der Waals surface area contributed by atoms with E-state index in [2.05, 4.69) is 4.72 Å². The molecule has 0 saturated heterocycles. The quantitative estimate of drug-likeness (QED) is 0.806. The van der Waals surface area contributed by atoms with E-state index in [-0.39, 0.29) is 0 Å². The minimum absolute atomic E-state index is 0.674. The predicted molar refractivity (Wildman–Crippen MR) is 56.9 cm³/mol. The molecular formula is C10H13NO2S. The number of sulfonamides is 1. The Hall–Kier alpha value is -1.03. The van der Waals surface area contributed by atoms with E-state index in [9.17, 15) is 8.42 Å². The van der Waals surface area contributed by atoms with Crippen molar-refractivity contribution in [3.05, 3.63) is 29.3 Å². The van der Waals surface area contributed by atoms with E-state index in [1.807, 2.05) is 18.2 Å². The average molecular weight is 211 g/mol. The summed E-state index contributed by atoms with van der Waals surface area (Å²) in [6, 6.07) is 5.77. The van der Waals surface area contributed by atoms with Crippen molar-refractivity contribution in [1.82, 2.24) is 0 Å². The summed E-state index contributed by atoms with van der Waals surface area (Å²) in [5.74, 6) is 0. The van der Waals surface area contributed by atoms with Crippen LogP contribution < -0.4 is 4.72 Å². The van der Waals surface area contributed by atoms with Gasteiger partial charge < -0.3 is 0 Å². The lowest BCUT2D eigenvalue weighted by Gasteiger charge is -2.05. The molecule has 0 aromatic heterocycles. The van der Waals surface area contributed by atoms with Crippen molar-refractivity contribution in [3.63, 3.8) is 0 Å². The minimum atomic E-state index is -3.14. The van der Waals surface area contributed by atoms with Gasteiger partial charge >= 0.3 is 0 Å². The summed E-state index contributed by atoms with van der Waals surface area (Å²) in [5.41, 5.74) is 3.30. The summed E-state index contributed by atoms with van der Waals surface area (Å²) >= 11 is 0. The van der Waals surface area contributed by atoms with Gasteiger partial charge in [-0.15, -0.1) is 0 Å². The zero-order valence-electron chi connectivity index (χ0n) is 8.08. The van der Waals surface area contributed by atoms with Crippen LogP contribution in [-0.2, 0) is 22.9 Å². The van der Waals surface area contributed by atoms with Crippen LogP contribution in [0.4, 0.5) is 5.69 Å². The molecule has 0 unspecified atom stereocenters. The molecule has 76 valence electrons. The lowest BCUT2D eigenvalue weighted by atomic mass is 10.1. The molecule has 0 saturated carbocycles. The van der Waals surface area contributed by atoms with E-state index >= 15 is 0 Å². The molecule has 4 heteroatoms. The van der Waals surface area contributed by atoms with E-state index in [1.165, 1.54) is 23.8 Å². The molecule has 14 heavy (non-hydrogen) atoms. The monoisotopic (exact) mass is 211 g/mol. The van der Waals surface area contributed by atoms with Crippen LogP contribution >= 0.6 is 0 Å². The first-order valence-corrected chi connectivity index (χ1v) is 6.53. The number of nitrogens with one attached hydrogen (secondary N) is 1. The molecule has 0 heterocycles. The van der Waals surface area contributed by atoms with Crippen LogP contribution in [0.2, 0.25) is 0 Å². The summed E-state index contributed by atoms with van der Waals surface area (Å²) < 4.78 is 24.5. The second kappa shape index (κ2) is 3.28. The molecule has 0 amide bonds. The summed E-state index contributed by atoms with van der Waals surface area (Å²) in [6.07, 6.45) is 4.53. The van der Waals surface area contributed by atoms with E-state index in [4.69, 9.17) is 0 Å². The fourth-order valence-electron chi connectivity index (χ4n) is 1.85. The Morgan fingerprint density at radius 1 is 1.21 bits per heavy atom.